The molecule has 2 aromatic heterocycles. The Bertz CT molecular complexity index is 966. The van der Waals surface area contributed by atoms with Crippen LogP contribution in [0.15, 0.2) is 44.8 Å². The van der Waals surface area contributed by atoms with Gasteiger partial charge in [0.2, 0.25) is 5.88 Å². The van der Waals surface area contributed by atoms with E-state index < -0.39 is 26.7 Å². The van der Waals surface area contributed by atoms with E-state index >= 15 is 0 Å². The number of imidazole rings is 1. The zero-order valence-electron chi connectivity index (χ0n) is 9.70. The third-order valence-corrected chi connectivity index (χ3v) is 4.71. The Morgan fingerprint density at radius 1 is 1.30 bits per heavy atom. The molecule has 9 heteroatoms. The fraction of sp³-hybridized carbons (Fsp3) is 0. The summed E-state index contributed by atoms with van der Waals surface area (Å²) in [5.74, 6) is -0.578. The lowest BCUT2D eigenvalue weighted by Gasteiger charge is -1.99. The summed E-state index contributed by atoms with van der Waals surface area (Å²) in [6.07, 6.45) is 0.737. The standard InChI is InChI=1S/C11H7ClN2O5S/c12-9-6-3-1-2-4-7(6)19-10(9)20(17,18)14-5-8(15)13-11(14)16/h1-5,15H,(H,13,16). The summed E-state index contributed by atoms with van der Waals surface area (Å²) in [6, 6.07) is 6.48. The lowest BCUT2D eigenvalue weighted by molar-refractivity contribution is 0.455. The number of aromatic amines is 1. The van der Waals surface area contributed by atoms with Crippen LogP contribution in [0.3, 0.4) is 0 Å². The summed E-state index contributed by atoms with van der Waals surface area (Å²) in [6.45, 7) is 0. The van der Waals surface area contributed by atoms with Crippen LogP contribution in [0.5, 0.6) is 5.88 Å². The molecule has 0 spiro atoms. The van der Waals surface area contributed by atoms with Crippen molar-refractivity contribution in [1.82, 2.24) is 8.96 Å². The lowest BCUT2D eigenvalue weighted by Crippen LogP contribution is -2.24. The van der Waals surface area contributed by atoms with Gasteiger partial charge in [-0.05, 0) is 12.1 Å². The molecule has 3 rings (SSSR count). The van der Waals surface area contributed by atoms with E-state index in [0.717, 1.165) is 6.20 Å². The fourth-order valence-corrected chi connectivity index (χ4v) is 3.49. The fourth-order valence-electron chi connectivity index (χ4n) is 1.79. The number of aromatic nitrogens is 2. The van der Waals surface area contributed by atoms with E-state index in [1.54, 1.807) is 24.3 Å². The van der Waals surface area contributed by atoms with Crippen molar-refractivity contribution in [1.29, 1.82) is 0 Å². The van der Waals surface area contributed by atoms with E-state index in [-0.39, 0.29) is 10.6 Å². The lowest BCUT2D eigenvalue weighted by atomic mass is 10.3. The molecular formula is C11H7ClN2O5S. The van der Waals surface area contributed by atoms with Gasteiger partial charge in [0.25, 0.3) is 5.09 Å². The average molecular weight is 315 g/mol. The maximum absolute atomic E-state index is 12.3. The molecule has 0 fully saturated rings. The number of nitrogens with zero attached hydrogens (tertiary/aromatic N) is 1. The molecule has 0 aliphatic heterocycles. The van der Waals surface area contributed by atoms with Crippen LogP contribution in [-0.4, -0.2) is 22.5 Å². The van der Waals surface area contributed by atoms with Gasteiger partial charge in [0.15, 0.2) is 0 Å². The van der Waals surface area contributed by atoms with Crippen LogP contribution >= 0.6 is 11.6 Å². The first-order valence-electron chi connectivity index (χ1n) is 5.34. The highest BCUT2D eigenvalue weighted by molar-refractivity contribution is 7.89. The monoisotopic (exact) mass is 314 g/mol. The topological polar surface area (TPSA) is 105 Å². The predicted molar refractivity (Wildman–Crippen MR) is 70.5 cm³/mol. The summed E-state index contributed by atoms with van der Waals surface area (Å²) in [4.78, 5) is 13.4. The van der Waals surface area contributed by atoms with Crippen molar-refractivity contribution in [2.75, 3.05) is 0 Å². The Labute approximate surface area is 117 Å². The molecule has 0 saturated carbocycles. The Morgan fingerprint density at radius 2 is 2.00 bits per heavy atom. The normalized spacial score (nSPS) is 12.1. The van der Waals surface area contributed by atoms with Crippen molar-refractivity contribution in [3.63, 3.8) is 0 Å². The number of furan rings is 1. The van der Waals surface area contributed by atoms with Gasteiger partial charge < -0.3 is 9.52 Å². The van der Waals surface area contributed by atoms with Crippen LogP contribution in [0.1, 0.15) is 0 Å². The van der Waals surface area contributed by atoms with Crippen LogP contribution in [-0.2, 0) is 10.0 Å². The van der Waals surface area contributed by atoms with Crippen LogP contribution in [0.4, 0.5) is 0 Å². The van der Waals surface area contributed by atoms with E-state index in [0.29, 0.717) is 9.36 Å². The molecule has 3 aromatic rings. The Morgan fingerprint density at radius 3 is 2.60 bits per heavy atom. The minimum Gasteiger partial charge on any atom is -0.493 e. The number of para-hydroxylation sites is 1. The third-order valence-electron chi connectivity index (χ3n) is 2.67. The minimum absolute atomic E-state index is 0.117. The number of rotatable bonds is 2. The molecule has 0 amide bonds. The summed E-state index contributed by atoms with van der Waals surface area (Å²) in [5.41, 5.74) is -0.733. The van der Waals surface area contributed by atoms with Crippen LogP contribution < -0.4 is 5.69 Å². The largest absolute Gasteiger partial charge is 0.493 e. The van der Waals surface area contributed by atoms with Crippen LogP contribution in [0.25, 0.3) is 11.0 Å². The Balaban J connectivity index is 2.32. The number of hydrogen-bond donors (Lipinski definition) is 2. The number of H-pyrrole nitrogens is 1. The minimum atomic E-state index is -4.33. The molecule has 0 aliphatic rings. The van der Waals surface area contributed by atoms with Crippen molar-refractivity contribution in [2.45, 2.75) is 5.09 Å². The molecule has 1 aromatic carbocycles. The van der Waals surface area contributed by atoms with Crippen LogP contribution in [0, 0.1) is 0 Å². The van der Waals surface area contributed by atoms with Crippen molar-refractivity contribution >= 4 is 32.6 Å². The molecule has 0 saturated heterocycles. The number of hydrogen-bond acceptors (Lipinski definition) is 5. The maximum Gasteiger partial charge on any atom is 0.342 e. The third kappa shape index (κ3) is 1.73. The predicted octanol–water partition coefficient (Wildman–Crippen LogP) is 1.52. The molecule has 20 heavy (non-hydrogen) atoms. The number of fused-ring (bicyclic) bond motifs is 1. The average Bonchev–Trinajstić information content (AvgIpc) is 2.91. The summed E-state index contributed by atoms with van der Waals surface area (Å²) >= 11 is 5.99. The maximum atomic E-state index is 12.3. The quantitative estimate of drug-likeness (QED) is 0.746. The highest BCUT2D eigenvalue weighted by Crippen LogP contribution is 2.34. The molecular weight excluding hydrogens is 308 g/mol. The Kier molecular flexibility index (Phi) is 2.66. The van der Waals surface area contributed by atoms with Gasteiger partial charge in [-0.25, -0.2) is 4.79 Å². The second-order valence-electron chi connectivity index (χ2n) is 3.95. The second-order valence-corrected chi connectivity index (χ2v) is 6.04. The molecule has 7 nitrogen and oxygen atoms in total. The smallest absolute Gasteiger partial charge is 0.342 e. The zero-order valence-corrected chi connectivity index (χ0v) is 11.3. The van der Waals surface area contributed by atoms with Gasteiger partial charge in [0.1, 0.15) is 10.6 Å². The van der Waals surface area contributed by atoms with Gasteiger partial charge in [-0.3, -0.25) is 4.98 Å². The summed E-state index contributed by atoms with van der Waals surface area (Å²) in [7, 11) is -4.33. The number of halogens is 1. The molecule has 2 heterocycles. The molecule has 0 radical (unpaired) electrons. The van der Waals surface area contributed by atoms with Crippen molar-refractivity contribution in [2.24, 2.45) is 0 Å². The van der Waals surface area contributed by atoms with E-state index in [4.69, 9.17) is 21.1 Å². The van der Waals surface area contributed by atoms with E-state index in [9.17, 15) is 13.2 Å². The van der Waals surface area contributed by atoms with Gasteiger partial charge in [-0.15, -0.1) is 0 Å². The zero-order chi connectivity index (χ0) is 14.5. The van der Waals surface area contributed by atoms with Crippen molar-refractivity contribution < 1.29 is 17.9 Å². The second kappa shape index (κ2) is 4.15. The molecule has 0 aliphatic carbocycles. The first kappa shape index (κ1) is 12.8. The number of nitrogens with one attached hydrogen (secondary N) is 1. The van der Waals surface area contributed by atoms with E-state index in [2.05, 4.69) is 0 Å². The highest BCUT2D eigenvalue weighted by atomic mass is 35.5. The molecule has 0 bridgehead atoms. The Hall–Kier alpha value is -2.19. The SMILES string of the molecule is O=c1[nH]c(O)cn1S(=O)(=O)c1oc2ccccc2c1Cl. The molecule has 0 atom stereocenters. The summed E-state index contributed by atoms with van der Waals surface area (Å²) in [5, 5.41) is 8.89. The van der Waals surface area contributed by atoms with Gasteiger partial charge >= 0.3 is 15.7 Å². The van der Waals surface area contributed by atoms with Gasteiger partial charge in [-0.1, -0.05) is 23.7 Å². The number of benzene rings is 1. The highest BCUT2D eigenvalue weighted by Gasteiger charge is 2.29. The molecule has 2 N–H and O–H groups in total. The first-order valence-corrected chi connectivity index (χ1v) is 7.16. The van der Waals surface area contributed by atoms with Gasteiger partial charge in [-0.2, -0.15) is 12.4 Å². The van der Waals surface area contributed by atoms with E-state index in [1.807, 2.05) is 4.98 Å². The van der Waals surface area contributed by atoms with E-state index in [1.165, 1.54) is 0 Å². The van der Waals surface area contributed by atoms with Gasteiger partial charge in [0, 0.05) is 5.39 Å². The summed E-state index contributed by atoms with van der Waals surface area (Å²) < 4.78 is 30.2. The number of aromatic hydroxyl groups is 1. The molecule has 104 valence electrons. The van der Waals surface area contributed by atoms with Gasteiger partial charge in [0.05, 0.1) is 6.20 Å². The van der Waals surface area contributed by atoms with Crippen molar-refractivity contribution in [3.8, 4) is 5.88 Å². The van der Waals surface area contributed by atoms with Crippen LogP contribution in [0.2, 0.25) is 5.02 Å². The first-order chi connectivity index (χ1) is 9.41. The van der Waals surface area contributed by atoms with Crippen molar-refractivity contribution in [3.05, 3.63) is 46.0 Å². The molecule has 0 unspecified atom stereocenters.